The average Bonchev–Trinajstić information content (AvgIpc) is 3.00. The Morgan fingerprint density at radius 2 is 1.91 bits per heavy atom. The molecule has 0 unspecified atom stereocenters. The maximum atomic E-state index is 13.5. The summed E-state index contributed by atoms with van der Waals surface area (Å²) in [6.45, 7) is 3.88. The summed E-state index contributed by atoms with van der Waals surface area (Å²) in [5, 5.41) is 3.37. The van der Waals surface area contributed by atoms with Gasteiger partial charge in [-0.3, -0.25) is 9.59 Å². The van der Waals surface area contributed by atoms with Gasteiger partial charge in [-0.05, 0) is 50.8 Å². The van der Waals surface area contributed by atoms with Gasteiger partial charge in [-0.2, -0.15) is 0 Å². The van der Waals surface area contributed by atoms with Crippen molar-refractivity contribution in [2.45, 2.75) is 52.0 Å². The predicted molar refractivity (Wildman–Crippen MR) is 126 cm³/mol. The fourth-order valence-electron chi connectivity index (χ4n) is 4.77. The summed E-state index contributed by atoms with van der Waals surface area (Å²) in [5.74, 6) is 1.25. The molecule has 2 amide bonds. The molecule has 5 rings (SSSR count). The topological polar surface area (TPSA) is 93.0 Å². The molecular formula is C24H27ClN6O2. The molecule has 0 spiro atoms. The maximum Gasteiger partial charge on any atom is 0.256 e. The molecule has 8 nitrogen and oxygen atoms in total. The fourth-order valence-corrected chi connectivity index (χ4v) is 4.88. The number of carbonyl (C=O) groups is 2. The molecule has 0 aliphatic carbocycles. The zero-order chi connectivity index (χ0) is 22.9. The minimum absolute atomic E-state index is 0.0306. The lowest BCUT2D eigenvalue weighted by Gasteiger charge is -2.31. The van der Waals surface area contributed by atoms with Crippen molar-refractivity contribution in [1.82, 2.24) is 24.4 Å². The van der Waals surface area contributed by atoms with Crippen LogP contribution in [-0.4, -0.2) is 49.3 Å². The zero-order valence-corrected chi connectivity index (χ0v) is 19.4. The van der Waals surface area contributed by atoms with Crippen LogP contribution in [-0.2, 0) is 17.8 Å². The molecule has 0 radical (unpaired) electrons. The molecule has 33 heavy (non-hydrogen) atoms. The van der Waals surface area contributed by atoms with Gasteiger partial charge in [-0.25, -0.2) is 15.0 Å². The largest absolute Gasteiger partial charge is 0.339 e. The molecule has 1 N–H and O–H groups in total. The van der Waals surface area contributed by atoms with Gasteiger partial charge in [0.15, 0.2) is 5.65 Å². The number of anilines is 1. The standard InChI is InChI=1S/C24H27ClN6O2/c1-15-13-18(21-22(27-15)31-10-4-2-3-5-20(31)29-21)24(33)30-11-8-16(9-12-30)23(32)28-19-7-6-17(25)14-26-19/h6-7,13-14,16H,2-5,8-12H2,1H3,(H,26,28,32). The SMILES string of the molecule is Cc1cc(C(=O)N2CCC(C(=O)Nc3ccc(Cl)cn3)CC2)c2nc3n(c2n1)CCCCC3. The Kier molecular flexibility index (Phi) is 6.01. The first-order chi connectivity index (χ1) is 16.0. The Morgan fingerprint density at radius 3 is 2.67 bits per heavy atom. The van der Waals surface area contributed by atoms with E-state index in [1.54, 1.807) is 12.1 Å². The van der Waals surface area contributed by atoms with Crippen LogP contribution in [0.2, 0.25) is 5.02 Å². The third kappa shape index (κ3) is 4.44. The molecule has 0 saturated carbocycles. The third-order valence-corrected chi connectivity index (χ3v) is 6.78. The lowest BCUT2D eigenvalue weighted by molar-refractivity contribution is -0.121. The minimum atomic E-state index is -0.158. The zero-order valence-electron chi connectivity index (χ0n) is 18.7. The van der Waals surface area contributed by atoms with Crippen LogP contribution in [0.5, 0.6) is 0 Å². The molecule has 9 heteroatoms. The number of piperidine rings is 1. The van der Waals surface area contributed by atoms with Gasteiger partial charge in [-0.1, -0.05) is 18.0 Å². The highest BCUT2D eigenvalue weighted by Crippen LogP contribution is 2.27. The number of likely N-dealkylation sites (tertiary alicyclic amines) is 1. The number of hydrogen-bond donors (Lipinski definition) is 1. The lowest BCUT2D eigenvalue weighted by Crippen LogP contribution is -2.41. The fraction of sp³-hybridized carbons (Fsp3) is 0.458. The molecule has 0 bridgehead atoms. The molecule has 172 valence electrons. The monoisotopic (exact) mass is 466 g/mol. The molecule has 1 saturated heterocycles. The number of halogens is 1. The van der Waals surface area contributed by atoms with Crippen LogP contribution >= 0.6 is 11.6 Å². The first-order valence-corrected chi connectivity index (χ1v) is 12.0. The van der Waals surface area contributed by atoms with Crippen molar-refractivity contribution in [1.29, 1.82) is 0 Å². The second-order valence-corrected chi connectivity index (χ2v) is 9.33. The van der Waals surface area contributed by atoms with E-state index in [0.29, 0.717) is 47.9 Å². The number of amides is 2. The van der Waals surface area contributed by atoms with Crippen LogP contribution < -0.4 is 5.32 Å². The van der Waals surface area contributed by atoms with E-state index in [-0.39, 0.29) is 17.7 Å². The van der Waals surface area contributed by atoms with Gasteiger partial charge < -0.3 is 14.8 Å². The first kappa shape index (κ1) is 21.8. The normalized spacial score (nSPS) is 17.0. The van der Waals surface area contributed by atoms with Gasteiger partial charge in [0.1, 0.15) is 17.2 Å². The first-order valence-electron chi connectivity index (χ1n) is 11.6. The summed E-state index contributed by atoms with van der Waals surface area (Å²) < 4.78 is 2.19. The van der Waals surface area contributed by atoms with Gasteiger partial charge in [0.2, 0.25) is 5.91 Å². The Morgan fingerprint density at radius 1 is 1.09 bits per heavy atom. The summed E-state index contributed by atoms with van der Waals surface area (Å²) in [6, 6.07) is 5.23. The number of hydrogen-bond acceptors (Lipinski definition) is 5. The number of aromatic nitrogens is 4. The van der Waals surface area contributed by atoms with Crippen LogP contribution in [0, 0.1) is 12.8 Å². The van der Waals surface area contributed by atoms with E-state index in [0.717, 1.165) is 43.0 Å². The molecule has 1 fully saturated rings. The smallest absolute Gasteiger partial charge is 0.256 e. The summed E-state index contributed by atoms with van der Waals surface area (Å²) in [4.78, 5) is 41.6. The quantitative estimate of drug-likeness (QED) is 0.629. The highest BCUT2D eigenvalue weighted by Gasteiger charge is 2.30. The number of aryl methyl sites for hydroxylation is 3. The van der Waals surface area contributed by atoms with E-state index < -0.39 is 0 Å². The van der Waals surface area contributed by atoms with Gasteiger partial charge in [-0.15, -0.1) is 0 Å². The molecule has 3 aromatic heterocycles. The van der Waals surface area contributed by atoms with Crippen LogP contribution in [0.25, 0.3) is 11.2 Å². The van der Waals surface area contributed by atoms with Crippen molar-refractivity contribution >= 4 is 40.4 Å². The second kappa shape index (κ2) is 9.09. The van der Waals surface area contributed by atoms with E-state index in [4.69, 9.17) is 21.6 Å². The lowest BCUT2D eigenvalue weighted by atomic mass is 9.95. The molecule has 0 atom stereocenters. The highest BCUT2D eigenvalue weighted by atomic mass is 35.5. The number of nitrogens with one attached hydrogen (secondary N) is 1. The molecular weight excluding hydrogens is 440 g/mol. The Hall–Kier alpha value is -3.00. The number of nitrogens with zero attached hydrogens (tertiary/aromatic N) is 5. The summed E-state index contributed by atoms with van der Waals surface area (Å²) in [6.07, 6.45) is 7.07. The molecule has 0 aromatic carbocycles. The summed E-state index contributed by atoms with van der Waals surface area (Å²) >= 11 is 5.85. The van der Waals surface area contributed by atoms with E-state index in [1.165, 1.54) is 12.6 Å². The Bertz CT molecular complexity index is 1200. The molecule has 2 aliphatic rings. The summed E-state index contributed by atoms with van der Waals surface area (Å²) in [5.41, 5.74) is 2.96. The number of fused-ring (bicyclic) bond motifs is 3. The third-order valence-electron chi connectivity index (χ3n) is 6.55. The van der Waals surface area contributed by atoms with Crippen molar-refractivity contribution in [2.24, 2.45) is 5.92 Å². The number of imidazole rings is 1. The van der Waals surface area contributed by atoms with Crippen molar-refractivity contribution in [3.8, 4) is 0 Å². The van der Waals surface area contributed by atoms with Crippen LogP contribution in [0.15, 0.2) is 24.4 Å². The van der Waals surface area contributed by atoms with Crippen molar-refractivity contribution in [3.05, 3.63) is 46.5 Å². The van der Waals surface area contributed by atoms with Crippen molar-refractivity contribution in [3.63, 3.8) is 0 Å². The maximum absolute atomic E-state index is 13.5. The summed E-state index contributed by atoms with van der Waals surface area (Å²) in [7, 11) is 0. The van der Waals surface area contributed by atoms with Gasteiger partial charge in [0, 0.05) is 43.9 Å². The molecule has 2 aliphatic heterocycles. The van der Waals surface area contributed by atoms with Gasteiger partial charge in [0.05, 0.1) is 10.6 Å². The van der Waals surface area contributed by atoms with Crippen molar-refractivity contribution < 1.29 is 9.59 Å². The van der Waals surface area contributed by atoms with Crippen molar-refractivity contribution in [2.75, 3.05) is 18.4 Å². The van der Waals surface area contributed by atoms with Gasteiger partial charge >= 0.3 is 0 Å². The van der Waals surface area contributed by atoms with Crippen LogP contribution in [0.4, 0.5) is 5.82 Å². The molecule has 3 aromatic rings. The average molecular weight is 467 g/mol. The van der Waals surface area contributed by atoms with E-state index in [9.17, 15) is 9.59 Å². The number of carbonyl (C=O) groups excluding carboxylic acids is 2. The van der Waals surface area contributed by atoms with Gasteiger partial charge in [0.25, 0.3) is 5.91 Å². The van der Waals surface area contributed by atoms with E-state index in [2.05, 4.69) is 14.9 Å². The van der Waals surface area contributed by atoms with E-state index in [1.807, 2.05) is 17.9 Å². The minimum Gasteiger partial charge on any atom is -0.339 e. The van der Waals surface area contributed by atoms with Crippen LogP contribution in [0.1, 0.15) is 54.0 Å². The van der Waals surface area contributed by atoms with Crippen LogP contribution in [0.3, 0.4) is 0 Å². The number of pyridine rings is 2. The highest BCUT2D eigenvalue weighted by molar-refractivity contribution is 6.30. The predicted octanol–water partition coefficient (Wildman–Crippen LogP) is 4.01. The van der Waals surface area contributed by atoms with E-state index >= 15 is 0 Å². The molecule has 5 heterocycles. The Balaban J connectivity index is 1.30. The number of rotatable bonds is 3. The Labute approximate surface area is 197 Å². The second-order valence-electron chi connectivity index (χ2n) is 8.89.